The van der Waals surface area contributed by atoms with E-state index < -0.39 is 0 Å². The average molecular weight is 267 g/mol. The molecule has 1 aromatic carbocycles. The Labute approximate surface area is 115 Å². The fraction of sp³-hybridized carbons (Fsp3) is 0.600. The molecular formula is C15H25NO3. The second kappa shape index (κ2) is 7.48. The van der Waals surface area contributed by atoms with Crippen molar-refractivity contribution in [1.29, 1.82) is 0 Å². The zero-order valence-electron chi connectivity index (χ0n) is 12.0. The first-order valence-corrected chi connectivity index (χ1v) is 6.70. The van der Waals surface area contributed by atoms with E-state index in [0.717, 1.165) is 11.3 Å². The summed E-state index contributed by atoms with van der Waals surface area (Å²) in [5.74, 6) is 0.806. The van der Waals surface area contributed by atoms with Gasteiger partial charge >= 0.3 is 0 Å². The molecule has 1 aromatic rings. The minimum Gasteiger partial charge on any atom is -0.490 e. The molecule has 2 atom stereocenters. The number of aliphatic hydroxyl groups excluding tert-OH is 2. The van der Waals surface area contributed by atoms with E-state index in [1.54, 1.807) is 0 Å². The summed E-state index contributed by atoms with van der Waals surface area (Å²) < 4.78 is 5.94. The first-order chi connectivity index (χ1) is 9.04. The van der Waals surface area contributed by atoms with Crippen LogP contribution < -0.4 is 10.1 Å². The highest BCUT2D eigenvalue weighted by atomic mass is 16.5. The molecule has 0 fully saturated rings. The number of ether oxygens (including phenoxy) is 1. The molecule has 0 saturated carbocycles. The minimum atomic E-state index is -0.342. The number of aliphatic hydroxyl groups is 2. The van der Waals surface area contributed by atoms with Crippen LogP contribution in [0.1, 0.15) is 25.8 Å². The van der Waals surface area contributed by atoms with Crippen molar-refractivity contribution in [3.8, 4) is 5.75 Å². The maximum absolute atomic E-state index is 9.39. The fourth-order valence-corrected chi connectivity index (χ4v) is 2.08. The van der Waals surface area contributed by atoms with Crippen molar-refractivity contribution < 1.29 is 14.9 Å². The predicted octanol–water partition coefficient (Wildman–Crippen LogP) is 1.35. The molecule has 0 aliphatic carbocycles. The van der Waals surface area contributed by atoms with Crippen molar-refractivity contribution in [3.05, 3.63) is 29.8 Å². The van der Waals surface area contributed by atoms with Crippen molar-refractivity contribution in [2.75, 3.05) is 20.3 Å². The first-order valence-electron chi connectivity index (χ1n) is 6.70. The minimum absolute atomic E-state index is 0.0237. The van der Waals surface area contributed by atoms with Gasteiger partial charge in [-0.1, -0.05) is 18.2 Å². The summed E-state index contributed by atoms with van der Waals surface area (Å²) in [6, 6.07) is 7.74. The van der Waals surface area contributed by atoms with Crippen LogP contribution in [0.3, 0.4) is 0 Å². The van der Waals surface area contributed by atoms with Crippen LogP contribution in [0, 0.1) is 0 Å². The largest absolute Gasteiger partial charge is 0.490 e. The Hall–Kier alpha value is -1.10. The summed E-state index contributed by atoms with van der Waals surface area (Å²) in [6.07, 6.45) is 1.27. The average Bonchev–Trinajstić information content (AvgIpc) is 2.41. The molecule has 0 heterocycles. The van der Waals surface area contributed by atoms with Crippen molar-refractivity contribution in [1.82, 2.24) is 5.32 Å². The second-order valence-electron chi connectivity index (χ2n) is 5.18. The van der Waals surface area contributed by atoms with Crippen molar-refractivity contribution in [3.63, 3.8) is 0 Å². The van der Waals surface area contributed by atoms with E-state index in [1.165, 1.54) is 0 Å². The molecule has 0 radical (unpaired) electrons. The Morgan fingerprint density at radius 1 is 1.32 bits per heavy atom. The molecule has 3 N–H and O–H groups in total. The topological polar surface area (TPSA) is 61.7 Å². The van der Waals surface area contributed by atoms with E-state index in [1.807, 2.05) is 45.2 Å². The zero-order chi connectivity index (χ0) is 14.3. The smallest absolute Gasteiger partial charge is 0.122 e. The molecule has 19 heavy (non-hydrogen) atoms. The third-order valence-electron chi connectivity index (χ3n) is 3.37. The van der Waals surface area contributed by atoms with E-state index in [2.05, 4.69) is 5.32 Å². The van der Waals surface area contributed by atoms with Crippen LogP contribution in [0.4, 0.5) is 0 Å². The third kappa shape index (κ3) is 4.82. The maximum atomic E-state index is 9.39. The van der Waals surface area contributed by atoms with Crippen LogP contribution in [0.2, 0.25) is 0 Å². The molecule has 0 spiro atoms. The molecule has 2 unspecified atom stereocenters. The first kappa shape index (κ1) is 16.0. The molecule has 0 aromatic heterocycles. The van der Waals surface area contributed by atoms with Crippen LogP contribution in [0.5, 0.6) is 5.75 Å². The van der Waals surface area contributed by atoms with Crippen LogP contribution in [0.25, 0.3) is 0 Å². The molecular weight excluding hydrogens is 242 g/mol. The van der Waals surface area contributed by atoms with Gasteiger partial charge in [-0.3, -0.25) is 0 Å². The van der Waals surface area contributed by atoms with Crippen LogP contribution >= 0.6 is 0 Å². The number of hydrogen-bond donors (Lipinski definition) is 3. The van der Waals surface area contributed by atoms with E-state index in [9.17, 15) is 5.11 Å². The van der Waals surface area contributed by atoms with Gasteiger partial charge in [0.1, 0.15) is 5.75 Å². The lowest BCUT2D eigenvalue weighted by Gasteiger charge is -2.30. The normalized spacial score (nSPS) is 15.8. The van der Waals surface area contributed by atoms with Gasteiger partial charge in [-0.2, -0.15) is 0 Å². The third-order valence-corrected chi connectivity index (χ3v) is 3.37. The molecule has 1 rings (SSSR count). The summed E-state index contributed by atoms with van der Waals surface area (Å²) in [4.78, 5) is 0. The Kier molecular flexibility index (Phi) is 6.28. The van der Waals surface area contributed by atoms with Gasteiger partial charge in [0.15, 0.2) is 0 Å². The van der Waals surface area contributed by atoms with Gasteiger partial charge in [-0.25, -0.2) is 0 Å². The molecule has 4 nitrogen and oxygen atoms in total. The van der Waals surface area contributed by atoms with Gasteiger partial charge in [-0.05, 0) is 38.9 Å². The number of benzene rings is 1. The standard InChI is InChI=1S/C15H25NO3/c1-12(10-15(2,11-18)16-3)19-14-7-5-4-6-13(14)8-9-17/h4-7,12,16-18H,8-11H2,1-3H3. The summed E-state index contributed by atoms with van der Waals surface area (Å²) in [7, 11) is 1.84. The Morgan fingerprint density at radius 2 is 2.00 bits per heavy atom. The van der Waals surface area contributed by atoms with E-state index >= 15 is 0 Å². The molecule has 4 heteroatoms. The quantitative estimate of drug-likeness (QED) is 0.665. The van der Waals surface area contributed by atoms with Crippen molar-refractivity contribution in [2.24, 2.45) is 0 Å². The monoisotopic (exact) mass is 267 g/mol. The van der Waals surface area contributed by atoms with E-state index in [4.69, 9.17) is 9.84 Å². The van der Waals surface area contributed by atoms with Crippen LogP contribution in [-0.4, -0.2) is 42.1 Å². The van der Waals surface area contributed by atoms with Gasteiger partial charge in [0.25, 0.3) is 0 Å². The van der Waals surface area contributed by atoms with Gasteiger partial charge < -0.3 is 20.3 Å². The summed E-state index contributed by atoms with van der Waals surface area (Å²) >= 11 is 0. The number of rotatable bonds is 8. The van der Waals surface area contributed by atoms with Gasteiger partial charge in [0.2, 0.25) is 0 Å². The van der Waals surface area contributed by atoms with Crippen LogP contribution in [-0.2, 0) is 6.42 Å². The molecule has 0 amide bonds. The van der Waals surface area contributed by atoms with Crippen molar-refractivity contribution in [2.45, 2.75) is 38.3 Å². The maximum Gasteiger partial charge on any atom is 0.122 e. The number of nitrogens with one attached hydrogen (secondary N) is 1. The molecule has 0 aliphatic rings. The molecule has 0 aliphatic heterocycles. The lowest BCUT2D eigenvalue weighted by molar-refractivity contribution is 0.114. The highest BCUT2D eigenvalue weighted by molar-refractivity contribution is 5.33. The van der Waals surface area contributed by atoms with E-state index in [0.29, 0.717) is 12.8 Å². The summed E-state index contributed by atoms with van der Waals surface area (Å²) in [5, 5.41) is 21.5. The summed E-state index contributed by atoms with van der Waals surface area (Å²) in [6.45, 7) is 4.13. The Bertz CT molecular complexity index is 377. The molecule has 0 saturated heterocycles. The van der Waals surface area contributed by atoms with E-state index in [-0.39, 0.29) is 24.9 Å². The fourth-order valence-electron chi connectivity index (χ4n) is 2.08. The number of para-hydroxylation sites is 1. The zero-order valence-corrected chi connectivity index (χ0v) is 12.0. The number of likely N-dealkylation sites (N-methyl/N-ethyl adjacent to an activating group) is 1. The summed E-state index contributed by atoms with van der Waals surface area (Å²) in [5.41, 5.74) is 0.665. The second-order valence-corrected chi connectivity index (χ2v) is 5.18. The molecule has 108 valence electrons. The van der Waals surface area contributed by atoms with Crippen LogP contribution in [0.15, 0.2) is 24.3 Å². The predicted molar refractivity (Wildman–Crippen MR) is 76.5 cm³/mol. The Balaban J connectivity index is 2.69. The molecule has 0 bridgehead atoms. The van der Waals surface area contributed by atoms with Gasteiger partial charge in [0.05, 0.1) is 12.7 Å². The van der Waals surface area contributed by atoms with Gasteiger partial charge in [0, 0.05) is 18.6 Å². The highest BCUT2D eigenvalue weighted by Crippen LogP contribution is 2.22. The van der Waals surface area contributed by atoms with Crippen molar-refractivity contribution >= 4 is 0 Å². The Morgan fingerprint density at radius 3 is 2.58 bits per heavy atom. The van der Waals surface area contributed by atoms with Gasteiger partial charge in [-0.15, -0.1) is 0 Å². The lowest BCUT2D eigenvalue weighted by atomic mass is 9.96. The SMILES string of the molecule is CNC(C)(CO)CC(C)Oc1ccccc1CCO. The highest BCUT2D eigenvalue weighted by Gasteiger charge is 2.24. The number of hydrogen-bond acceptors (Lipinski definition) is 4. The lowest BCUT2D eigenvalue weighted by Crippen LogP contribution is -2.46.